The van der Waals surface area contributed by atoms with Crippen molar-refractivity contribution < 1.29 is 19.0 Å². The molecule has 2 heterocycles. The van der Waals surface area contributed by atoms with Crippen molar-refractivity contribution in [3.05, 3.63) is 40.4 Å². The Hall–Kier alpha value is -2.11. The molecule has 0 atom stereocenters. The van der Waals surface area contributed by atoms with Gasteiger partial charge in [0.2, 0.25) is 0 Å². The van der Waals surface area contributed by atoms with E-state index in [1.165, 1.54) is 12.1 Å². The molecule has 1 aliphatic rings. The van der Waals surface area contributed by atoms with E-state index in [-0.39, 0.29) is 22.2 Å². The Kier molecular flexibility index (Phi) is 7.29. The number of aromatic nitrogens is 2. The van der Waals surface area contributed by atoms with Crippen LogP contribution in [-0.2, 0) is 11.3 Å². The molecule has 1 saturated heterocycles. The van der Waals surface area contributed by atoms with Gasteiger partial charge in [0.25, 0.3) is 0 Å². The Morgan fingerprint density at radius 2 is 2.14 bits per heavy atom. The average molecular weight is 413 g/mol. The lowest BCUT2D eigenvalue weighted by atomic mass is 10.2. The predicted octanol–water partition coefficient (Wildman–Crippen LogP) is 1.90. The Morgan fingerprint density at radius 3 is 2.89 bits per heavy atom. The molecule has 0 bridgehead atoms. The summed E-state index contributed by atoms with van der Waals surface area (Å²) in [6, 6.07) is 3.61. The molecule has 1 fully saturated rings. The van der Waals surface area contributed by atoms with E-state index < -0.39 is 5.82 Å². The van der Waals surface area contributed by atoms with Crippen molar-refractivity contribution in [1.29, 1.82) is 5.41 Å². The second kappa shape index (κ2) is 9.89. The number of nitrogens with zero attached hydrogens (tertiary/aromatic N) is 4. The fraction of sp³-hybridized carbons (Fsp3) is 0.471. The third-order valence-electron chi connectivity index (χ3n) is 4.36. The number of anilines is 1. The number of hydrogen-bond acceptors (Lipinski definition) is 8. The Balaban J connectivity index is 1.50. The number of nitrogens with one attached hydrogen (secondary N) is 2. The molecule has 1 aromatic heterocycles. The van der Waals surface area contributed by atoms with Crippen LogP contribution in [0.15, 0.2) is 22.8 Å². The Bertz CT molecular complexity index is 799. The summed E-state index contributed by atoms with van der Waals surface area (Å²) in [5, 5.41) is 29.5. The summed E-state index contributed by atoms with van der Waals surface area (Å²) >= 11 is 5.72. The minimum Gasteiger partial charge on any atom is -0.379 e. The lowest BCUT2D eigenvalue weighted by Crippen LogP contribution is -2.37. The molecule has 0 aliphatic carbocycles. The molecule has 9 nitrogen and oxygen atoms in total. The maximum absolute atomic E-state index is 13.3. The molecule has 3 N–H and O–H groups in total. The van der Waals surface area contributed by atoms with Crippen LogP contribution in [0.25, 0.3) is 0 Å². The van der Waals surface area contributed by atoms with Crippen LogP contribution in [0.2, 0.25) is 5.02 Å². The van der Waals surface area contributed by atoms with Crippen molar-refractivity contribution in [2.45, 2.75) is 13.0 Å². The highest BCUT2D eigenvalue weighted by Crippen LogP contribution is 2.23. The smallest absolute Gasteiger partial charge is 0.182 e. The van der Waals surface area contributed by atoms with Crippen molar-refractivity contribution >= 4 is 23.1 Å². The number of hydroxylamine groups is 1. The first-order valence-corrected chi connectivity index (χ1v) is 9.29. The van der Waals surface area contributed by atoms with E-state index in [9.17, 15) is 9.60 Å². The van der Waals surface area contributed by atoms with Crippen LogP contribution in [0, 0.1) is 11.2 Å². The molecule has 0 radical (unpaired) electrons. The average Bonchev–Trinajstić information content (AvgIpc) is 3.18. The maximum Gasteiger partial charge on any atom is 0.182 e. The van der Waals surface area contributed by atoms with Crippen LogP contribution in [-0.4, -0.2) is 65.6 Å². The molecule has 3 rings (SSSR count). The van der Waals surface area contributed by atoms with Crippen molar-refractivity contribution in [2.75, 3.05) is 44.5 Å². The van der Waals surface area contributed by atoms with Crippen LogP contribution in [0.4, 0.5) is 10.1 Å². The number of rotatable bonds is 8. The quantitative estimate of drug-likeness (QED) is 0.261. The van der Waals surface area contributed by atoms with E-state index in [1.807, 2.05) is 0 Å². The normalized spacial score (nSPS) is 15.0. The van der Waals surface area contributed by atoms with Gasteiger partial charge < -0.3 is 10.1 Å². The minimum absolute atomic E-state index is 0.0867. The van der Waals surface area contributed by atoms with Gasteiger partial charge in [-0.3, -0.25) is 15.5 Å². The second-order valence-electron chi connectivity index (χ2n) is 6.30. The zero-order valence-electron chi connectivity index (χ0n) is 15.2. The van der Waals surface area contributed by atoms with Gasteiger partial charge in [0, 0.05) is 19.6 Å². The lowest BCUT2D eigenvalue weighted by molar-refractivity contribution is 0.0374. The van der Waals surface area contributed by atoms with Crippen LogP contribution in [0.3, 0.4) is 0 Å². The highest BCUT2D eigenvalue weighted by molar-refractivity contribution is 6.31. The highest BCUT2D eigenvalue weighted by Gasteiger charge is 2.21. The van der Waals surface area contributed by atoms with Gasteiger partial charge in [-0.2, -0.15) is 0 Å². The first-order valence-electron chi connectivity index (χ1n) is 8.91. The molecular weight excluding hydrogens is 391 g/mol. The minimum atomic E-state index is -0.615. The van der Waals surface area contributed by atoms with Gasteiger partial charge in [0.05, 0.1) is 23.9 Å². The molecule has 0 amide bonds. The molecule has 0 saturated carbocycles. The summed E-state index contributed by atoms with van der Waals surface area (Å²) in [7, 11) is 0. The first-order chi connectivity index (χ1) is 13.6. The third-order valence-corrected chi connectivity index (χ3v) is 4.65. The molecular formula is C17H22ClFN6O3. The zero-order chi connectivity index (χ0) is 19.9. The van der Waals surface area contributed by atoms with E-state index in [2.05, 4.69) is 20.5 Å². The Labute approximate surface area is 166 Å². The third kappa shape index (κ3) is 5.24. The van der Waals surface area contributed by atoms with Crippen LogP contribution in [0.5, 0.6) is 0 Å². The maximum atomic E-state index is 13.3. The fourth-order valence-electron chi connectivity index (χ4n) is 2.81. The van der Waals surface area contributed by atoms with E-state index >= 15 is 0 Å². The van der Waals surface area contributed by atoms with Gasteiger partial charge >= 0.3 is 0 Å². The summed E-state index contributed by atoms with van der Waals surface area (Å²) < 4.78 is 23.3. The number of halogens is 2. The number of ether oxygens (including phenoxy) is 1. The SMILES string of the molecule is N=C(c1nonc1CNCCCN1CCOCC1)N(O)c1ccc(F)c(Cl)c1. The van der Waals surface area contributed by atoms with E-state index in [4.69, 9.17) is 26.4 Å². The van der Waals surface area contributed by atoms with Crippen molar-refractivity contribution in [3.63, 3.8) is 0 Å². The molecule has 0 spiro atoms. The largest absolute Gasteiger partial charge is 0.379 e. The Morgan fingerprint density at radius 1 is 1.36 bits per heavy atom. The summed E-state index contributed by atoms with van der Waals surface area (Å²) in [4.78, 5) is 2.35. The molecule has 2 aromatic rings. The second-order valence-corrected chi connectivity index (χ2v) is 6.71. The van der Waals surface area contributed by atoms with Crippen molar-refractivity contribution in [3.8, 4) is 0 Å². The molecule has 1 aromatic carbocycles. The van der Waals surface area contributed by atoms with Crippen LogP contribution < -0.4 is 10.4 Å². The molecule has 28 heavy (non-hydrogen) atoms. The monoisotopic (exact) mass is 412 g/mol. The lowest BCUT2D eigenvalue weighted by Gasteiger charge is -2.26. The predicted molar refractivity (Wildman–Crippen MR) is 100 cm³/mol. The summed E-state index contributed by atoms with van der Waals surface area (Å²) in [6.45, 7) is 5.53. The zero-order valence-corrected chi connectivity index (χ0v) is 16.0. The molecule has 0 unspecified atom stereocenters. The summed E-state index contributed by atoms with van der Waals surface area (Å²) in [5.74, 6) is -0.968. The number of hydrogen-bond donors (Lipinski definition) is 3. The van der Waals surface area contributed by atoms with Gasteiger partial charge in [-0.05, 0) is 42.9 Å². The van der Waals surface area contributed by atoms with E-state index in [0.29, 0.717) is 17.3 Å². The van der Waals surface area contributed by atoms with Gasteiger partial charge in [-0.25, -0.2) is 14.1 Å². The van der Waals surface area contributed by atoms with Crippen LogP contribution >= 0.6 is 11.6 Å². The molecule has 152 valence electrons. The standard InChI is InChI=1S/C17H22ClFN6O3/c18-13-10-12(2-3-14(13)19)25(26)17(20)16-15(22-28-23-16)11-21-4-1-5-24-6-8-27-9-7-24/h2-3,10,20-21,26H,1,4-9,11H2. The first kappa shape index (κ1) is 20.6. The fourth-order valence-corrected chi connectivity index (χ4v) is 2.98. The van der Waals surface area contributed by atoms with E-state index in [0.717, 1.165) is 51.9 Å². The van der Waals surface area contributed by atoms with Crippen molar-refractivity contribution in [2.24, 2.45) is 0 Å². The molecule has 1 aliphatic heterocycles. The van der Waals surface area contributed by atoms with Crippen LogP contribution in [0.1, 0.15) is 17.8 Å². The number of morpholine rings is 1. The van der Waals surface area contributed by atoms with Gasteiger partial charge in [0.1, 0.15) is 11.5 Å². The topological polar surface area (TPSA) is 111 Å². The van der Waals surface area contributed by atoms with Crippen molar-refractivity contribution in [1.82, 2.24) is 20.5 Å². The molecule has 11 heteroatoms. The highest BCUT2D eigenvalue weighted by atomic mass is 35.5. The summed E-state index contributed by atoms with van der Waals surface area (Å²) in [6.07, 6.45) is 0.957. The van der Waals surface area contributed by atoms with Gasteiger partial charge in [0.15, 0.2) is 11.5 Å². The van der Waals surface area contributed by atoms with E-state index in [1.54, 1.807) is 0 Å². The summed E-state index contributed by atoms with van der Waals surface area (Å²) in [5.41, 5.74) is 0.607. The van der Waals surface area contributed by atoms with Gasteiger partial charge in [-0.1, -0.05) is 16.8 Å². The van der Waals surface area contributed by atoms with Gasteiger partial charge in [-0.15, -0.1) is 0 Å². The number of benzene rings is 1. The number of amidine groups is 1.